The molecule has 1 unspecified atom stereocenters. The zero-order chi connectivity index (χ0) is 25.5. The minimum Gasteiger partial charge on any atom is -0.497 e. The van der Waals surface area contributed by atoms with Crippen LogP contribution in [0.25, 0.3) is 0 Å². The standard InChI is InChI=1S/C27H35N3O5S/c1-33-23-9-8-20(24(14-23)34-2)15-30-16-22(17-31)27(18-30,21-10-12-35-13-11-21)29-26(36)28-25(32)19-6-4-3-5-7-19/h3-9,14,21-22,31H,10-13,15-18H2,1-2H3,(H2,28,29,32,36)/t22?,27-/m1/s1. The molecule has 1 amide bonds. The lowest BCUT2D eigenvalue weighted by atomic mass is 9.72. The van der Waals surface area contributed by atoms with E-state index in [-0.39, 0.29) is 29.5 Å². The van der Waals surface area contributed by atoms with E-state index in [0.717, 1.165) is 29.9 Å². The number of methoxy groups -OCH3 is 2. The van der Waals surface area contributed by atoms with E-state index < -0.39 is 5.54 Å². The summed E-state index contributed by atoms with van der Waals surface area (Å²) in [6.45, 7) is 3.35. The molecule has 2 aliphatic heterocycles. The van der Waals surface area contributed by atoms with Crippen molar-refractivity contribution in [1.82, 2.24) is 15.5 Å². The fraction of sp³-hybridized carbons (Fsp3) is 0.481. The van der Waals surface area contributed by atoms with Gasteiger partial charge < -0.3 is 24.6 Å². The molecule has 8 nitrogen and oxygen atoms in total. The molecule has 2 aromatic rings. The minimum absolute atomic E-state index is 0.00977. The first-order valence-corrected chi connectivity index (χ1v) is 12.7. The lowest BCUT2D eigenvalue weighted by Crippen LogP contribution is -2.63. The van der Waals surface area contributed by atoms with Gasteiger partial charge in [-0.25, -0.2) is 0 Å². The van der Waals surface area contributed by atoms with Crippen LogP contribution in [0.3, 0.4) is 0 Å². The van der Waals surface area contributed by atoms with Crippen molar-refractivity contribution in [3.63, 3.8) is 0 Å². The number of ether oxygens (including phenoxy) is 3. The second-order valence-electron chi connectivity index (χ2n) is 9.43. The zero-order valence-corrected chi connectivity index (χ0v) is 21.7. The van der Waals surface area contributed by atoms with Crippen LogP contribution in [0.1, 0.15) is 28.8 Å². The smallest absolute Gasteiger partial charge is 0.257 e. The number of amides is 1. The molecule has 9 heteroatoms. The van der Waals surface area contributed by atoms with Crippen LogP contribution < -0.4 is 20.1 Å². The molecule has 0 aromatic heterocycles. The van der Waals surface area contributed by atoms with Gasteiger partial charge >= 0.3 is 0 Å². The van der Waals surface area contributed by atoms with Crippen molar-refractivity contribution in [2.24, 2.45) is 11.8 Å². The van der Waals surface area contributed by atoms with E-state index in [0.29, 0.717) is 38.4 Å². The third kappa shape index (κ3) is 5.81. The average Bonchev–Trinajstić information content (AvgIpc) is 3.27. The Morgan fingerprint density at radius 3 is 2.58 bits per heavy atom. The van der Waals surface area contributed by atoms with E-state index in [4.69, 9.17) is 26.4 Å². The van der Waals surface area contributed by atoms with Gasteiger partial charge in [0.05, 0.1) is 19.8 Å². The molecule has 2 saturated heterocycles. The summed E-state index contributed by atoms with van der Waals surface area (Å²) in [5.41, 5.74) is 1.08. The van der Waals surface area contributed by atoms with E-state index in [9.17, 15) is 9.90 Å². The third-order valence-electron chi connectivity index (χ3n) is 7.36. The molecule has 2 fully saturated rings. The van der Waals surface area contributed by atoms with E-state index in [1.54, 1.807) is 26.4 Å². The molecule has 0 spiro atoms. The number of carbonyl (C=O) groups excluding carboxylic acids is 1. The lowest BCUT2D eigenvalue weighted by molar-refractivity contribution is 0.0168. The fourth-order valence-corrected chi connectivity index (χ4v) is 5.81. The molecule has 36 heavy (non-hydrogen) atoms. The Morgan fingerprint density at radius 1 is 1.17 bits per heavy atom. The van der Waals surface area contributed by atoms with Crippen molar-refractivity contribution in [1.29, 1.82) is 0 Å². The number of benzene rings is 2. The van der Waals surface area contributed by atoms with Crippen LogP contribution in [0.5, 0.6) is 11.5 Å². The molecule has 2 aliphatic rings. The Bertz CT molecular complexity index is 1050. The second-order valence-corrected chi connectivity index (χ2v) is 9.84. The van der Waals surface area contributed by atoms with Crippen LogP contribution in [0.4, 0.5) is 0 Å². The molecule has 4 rings (SSSR count). The number of hydrogen-bond donors (Lipinski definition) is 3. The van der Waals surface area contributed by atoms with Gasteiger partial charge in [0, 0.05) is 62.6 Å². The average molecular weight is 514 g/mol. The van der Waals surface area contributed by atoms with E-state index in [2.05, 4.69) is 15.5 Å². The molecule has 2 heterocycles. The number of thiocarbonyl (C=S) groups is 1. The normalized spacial score (nSPS) is 22.7. The van der Waals surface area contributed by atoms with Gasteiger partial charge in [0.1, 0.15) is 11.5 Å². The maximum atomic E-state index is 12.7. The monoisotopic (exact) mass is 513 g/mol. The van der Waals surface area contributed by atoms with Crippen LogP contribution in [-0.4, -0.2) is 73.7 Å². The summed E-state index contributed by atoms with van der Waals surface area (Å²) in [4.78, 5) is 15.1. The van der Waals surface area contributed by atoms with Gasteiger partial charge in [0.15, 0.2) is 5.11 Å². The van der Waals surface area contributed by atoms with Gasteiger partial charge in [0.2, 0.25) is 0 Å². The molecule has 0 aliphatic carbocycles. The lowest BCUT2D eigenvalue weighted by Gasteiger charge is -2.44. The second kappa shape index (κ2) is 12.0. The highest BCUT2D eigenvalue weighted by molar-refractivity contribution is 7.80. The summed E-state index contributed by atoms with van der Waals surface area (Å²) < 4.78 is 16.6. The van der Waals surface area contributed by atoms with E-state index >= 15 is 0 Å². The number of carbonyl (C=O) groups is 1. The number of aliphatic hydroxyl groups is 1. The molecule has 3 N–H and O–H groups in total. The fourth-order valence-electron chi connectivity index (χ4n) is 5.53. The Hall–Kier alpha value is -2.72. The topological polar surface area (TPSA) is 92.3 Å². The number of aliphatic hydroxyl groups excluding tert-OH is 1. The Kier molecular flexibility index (Phi) is 8.79. The number of likely N-dealkylation sites (tertiary alicyclic amines) is 1. The van der Waals surface area contributed by atoms with Crippen LogP contribution in [0.15, 0.2) is 48.5 Å². The first-order valence-electron chi connectivity index (χ1n) is 12.3. The Labute approximate surface area is 217 Å². The van der Waals surface area contributed by atoms with Crippen molar-refractivity contribution in [2.75, 3.05) is 47.1 Å². The number of nitrogens with one attached hydrogen (secondary N) is 2. The van der Waals surface area contributed by atoms with Gasteiger partial charge in [0.25, 0.3) is 5.91 Å². The molecular formula is C27H35N3O5S. The summed E-state index contributed by atoms with van der Waals surface area (Å²) >= 11 is 5.64. The van der Waals surface area contributed by atoms with Gasteiger partial charge in [-0.15, -0.1) is 0 Å². The van der Waals surface area contributed by atoms with Crippen molar-refractivity contribution >= 4 is 23.2 Å². The number of hydrogen-bond acceptors (Lipinski definition) is 7. The van der Waals surface area contributed by atoms with Crippen molar-refractivity contribution in [3.8, 4) is 11.5 Å². The first-order chi connectivity index (χ1) is 17.5. The maximum absolute atomic E-state index is 12.7. The van der Waals surface area contributed by atoms with Crippen LogP contribution in [0.2, 0.25) is 0 Å². The maximum Gasteiger partial charge on any atom is 0.257 e. The third-order valence-corrected chi connectivity index (χ3v) is 7.56. The van der Waals surface area contributed by atoms with Crippen molar-refractivity contribution in [2.45, 2.75) is 24.9 Å². The first kappa shape index (κ1) is 26.3. The summed E-state index contributed by atoms with van der Waals surface area (Å²) in [5, 5.41) is 17.1. The van der Waals surface area contributed by atoms with Crippen LogP contribution in [0, 0.1) is 11.8 Å². The quantitative estimate of drug-likeness (QED) is 0.464. The summed E-state index contributed by atoms with van der Waals surface area (Å²) in [6.07, 6.45) is 1.72. The van der Waals surface area contributed by atoms with Gasteiger partial charge in [-0.05, 0) is 49.2 Å². The Morgan fingerprint density at radius 2 is 1.92 bits per heavy atom. The molecule has 0 radical (unpaired) electrons. The molecule has 0 bridgehead atoms. The highest BCUT2D eigenvalue weighted by Gasteiger charge is 2.52. The largest absolute Gasteiger partial charge is 0.497 e. The van der Waals surface area contributed by atoms with E-state index in [1.807, 2.05) is 36.4 Å². The zero-order valence-electron chi connectivity index (χ0n) is 20.9. The predicted molar refractivity (Wildman–Crippen MR) is 141 cm³/mol. The molecular weight excluding hydrogens is 478 g/mol. The molecule has 194 valence electrons. The molecule has 0 saturated carbocycles. The molecule has 2 atom stereocenters. The molecule has 2 aromatic carbocycles. The van der Waals surface area contributed by atoms with E-state index in [1.165, 1.54) is 0 Å². The highest BCUT2D eigenvalue weighted by Crippen LogP contribution is 2.40. The van der Waals surface area contributed by atoms with Crippen LogP contribution in [-0.2, 0) is 11.3 Å². The number of nitrogens with zero attached hydrogens (tertiary/aromatic N) is 1. The number of rotatable bonds is 8. The predicted octanol–water partition coefficient (Wildman–Crippen LogP) is 2.60. The highest BCUT2D eigenvalue weighted by atomic mass is 32.1. The van der Waals surface area contributed by atoms with Gasteiger partial charge in [-0.3, -0.25) is 15.0 Å². The van der Waals surface area contributed by atoms with Crippen molar-refractivity contribution < 1.29 is 24.1 Å². The summed E-state index contributed by atoms with van der Waals surface area (Å²) in [7, 11) is 3.29. The van der Waals surface area contributed by atoms with Gasteiger partial charge in [-0.2, -0.15) is 0 Å². The SMILES string of the molecule is COc1ccc(CN2CC(CO)[C@](NC(=S)NC(=O)c3ccccc3)(C3CCOCC3)C2)c(OC)c1. The minimum atomic E-state index is -0.501. The summed E-state index contributed by atoms with van der Waals surface area (Å²) in [6, 6.07) is 14.8. The van der Waals surface area contributed by atoms with Gasteiger partial charge in [-0.1, -0.05) is 24.3 Å². The summed E-state index contributed by atoms with van der Waals surface area (Å²) in [5.74, 6) is 1.41. The van der Waals surface area contributed by atoms with Crippen LogP contribution >= 0.6 is 12.2 Å². The Balaban J connectivity index is 1.55. The van der Waals surface area contributed by atoms with Crippen molar-refractivity contribution in [3.05, 3.63) is 59.7 Å².